The van der Waals surface area contributed by atoms with Gasteiger partial charge >= 0.3 is 6.36 Å². The standard InChI is InChI=1S/C23H27F3N2O5/c1-13-2-4-17-14(6-13)3-5-18(32-17)20(30)28-22-10-21(11-22,12-22)27-19(29)9-31-15-7-16(8-15)33-23(24,25)26/h2,4,6,15-16,18H,3,5,7-12H2,1H3,(H,27,29)(H,28,30)/t15?,16?,18-,21?,22?/m1/s1. The van der Waals surface area contributed by atoms with Crippen molar-refractivity contribution in [3.05, 3.63) is 29.3 Å². The summed E-state index contributed by atoms with van der Waals surface area (Å²) in [6.07, 6.45) is -2.80. The van der Waals surface area contributed by atoms with Crippen LogP contribution in [0.3, 0.4) is 0 Å². The molecule has 1 aliphatic heterocycles. The van der Waals surface area contributed by atoms with Gasteiger partial charge in [-0.15, -0.1) is 13.2 Å². The van der Waals surface area contributed by atoms with Gasteiger partial charge in [-0.05, 0) is 50.7 Å². The van der Waals surface area contributed by atoms with E-state index < -0.39 is 24.7 Å². The van der Waals surface area contributed by atoms with Gasteiger partial charge in [-0.2, -0.15) is 0 Å². The summed E-state index contributed by atoms with van der Waals surface area (Å²) in [5.41, 5.74) is 1.67. The van der Waals surface area contributed by atoms with Gasteiger partial charge in [0.1, 0.15) is 12.4 Å². The minimum Gasteiger partial charge on any atom is -0.480 e. The van der Waals surface area contributed by atoms with Crippen LogP contribution in [0.15, 0.2) is 18.2 Å². The maximum atomic E-state index is 12.7. The molecule has 2 amide bonds. The molecule has 7 nitrogen and oxygen atoms in total. The Balaban J connectivity index is 1.01. The average molecular weight is 468 g/mol. The minimum atomic E-state index is -4.64. The van der Waals surface area contributed by atoms with Gasteiger partial charge in [0, 0.05) is 23.9 Å². The number of carbonyl (C=O) groups is 2. The van der Waals surface area contributed by atoms with Crippen molar-refractivity contribution in [2.75, 3.05) is 6.61 Å². The van der Waals surface area contributed by atoms with Crippen molar-refractivity contribution in [1.82, 2.24) is 10.6 Å². The van der Waals surface area contributed by atoms with E-state index in [4.69, 9.17) is 9.47 Å². The summed E-state index contributed by atoms with van der Waals surface area (Å²) < 4.78 is 51.6. The first-order valence-corrected chi connectivity index (χ1v) is 11.3. The number of ether oxygens (including phenoxy) is 3. The van der Waals surface area contributed by atoms with E-state index in [2.05, 4.69) is 21.4 Å². The van der Waals surface area contributed by atoms with Crippen LogP contribution in [0.1, 0.15) is 49.7 Å². The average Bonchev–Trinajstić information content (AvgIpc) is 2.65. The van der Waals surface area contributed by atoms with Crippen LogP contribution in [0.5, 0.6) is 5.75 Å². The lowest BCUT2D eigenvalue weighted by Gasteiger charge is -2.70. The number of fused-ring (bicyclic) bond motifs is 1. The van der Waals surface area contributed by atoms with Crippen LogP contribution in [-0.2, 0) is 25.5 Å². The van der Waals surface area contributed by atoms with Gasteiger partial charge in [-0.3, -0.25) is 14.3 Å². The van der Waals surface area contributed by atoms with Gasteiger partial charge in [0.2, 0.25) is 5.91 Å². The summed E-state index contributed by atoms with van der Waals surface area (Å²) in [6, 6.07) is 5.96. The Morgan fingerprint density at radius 3 is 2.52 bits per heavy atom. The molecule has 1 aromatic rings. The van der Waals surface area contributed by atoms with E-state index in [1.54, 1.807) is 0 Å². The highest BCUT2D eigenvalue weighted by molar-refractivity contribution is 5.84. The zero-order valence-electron chi connectivity index (χ0n) is 18.3. The van der Waals surface area contributed by atoms with E-state index in [-0.39, 0.29) is 42.3 Å². The Labute approximate surface area is 189 Å². The van der Waals surface area contributed by atoms with Crippen LogP contribution in [0, 0.1) is 6.92 Å². The highest BCUT2D eigenvalue weighted by Gasteiger charge is 2.69. The van der Waals surface area contributed by atoms with Gasteiger partial charge < -0.3 is 20.1 Å². The van der Waals surface area contributed by atoms with Crippen molar-refractivity contribution in [1.29, 1.82) is 0 Å². The molecule has 0 radical (unpaired) electrons. The Hall–Kier alpha value is -2.33. The molecule has 0 spiro atoms. The molecule has 0 saturated heterocycles. The van der Waals surface area contributed by atoms with Crippen LogP contribution in [0.25, 0.3) is 0 Å². The van der Waals surface area contributed by atoms with Gasteiger partial charge in [0.25, 0.3) is 5.91 Å². The quantitative estimate of drug-likeness (QED) is 0.643. The number of benzene rings is 1. The zero-order valence-corrected chi connectivity index (χ0v) is 18.3. The summed E-state index contributed by atoms with van der Waals surface area (Å²) in [4.78, 5) is 24.9. The molecule has 33 heavy (non-hydrogen) atoms. The molecular formula is C23H27F3N2O5. The van der Waals surface area contributed by atoms with Crippen LogP contribution < -0.4 is 15.4 Å². The van der Waals surface area contributed by atoms with Crippen molar-refractivity contribution in [2.24, 2.45) is 0 Å². The fourth-order valence-electron chi connectivity index (χ4n) is 5.56. The van der Waals surface area contributed by atoms with E-state index >= 15 is 0 Å². The van der Waals surface area contributed by atoms with Crippen LogP contribution >= 0.6 is 0 Å². The number of halogens is 3. The normalized spacial score (nSPS) is 34.0. The second-order valence-electron chi connectivity index (χ2n) is 9.97. The molecule has 10 heteroatoms. The van der Waals surface area contributed by atoms with Crippen LogP contribution in [-0.4, -0.2) is 54.2 Å². The zero-order chi connectivity index (χ0) is 23.4. The van der Waals surface area contributed by atoms with E-state index in [9.17, 15) is 22.8 Å². The first kappa shape index (κ1) is 22.5. The molecule has 6 rings (SSSR count). The van der Waals surface area contributed by atoms with Gasteiger partial charge in [-0.25, -0.2) is 0 Å². The molecule has 1 atom stereocenters. The number of carbonyl (C=O) groups excluding carboxylic acids is 2. The van der Waals surface area contributed by atoms with Gasteiger partial charge in [-0.1, -0.05) is 17.7 Å². The van der Waals surface area contributed by atoms with Crippen molar-refractivity contribution in [2.45, 2.75) is 87.6 Å². The number of aryl methyl sites for hydroxylation is 2. The number of rotatable bonds is 7. The summed E-state index contributed by atoms with van der Waals surface area (Å²) in [5.74, 6) is 0.346. The molecule has 2 N–H and O–H groups in total. The summed E-state index contributed by atoms with van der Waals surface area (Å²) in [6.45, 7) is 1.83. The van der Waals surface area contributed by atoms with Crippen molar-refractivity contribution < 1.29 is 37.0 Å². The number of nitrogens with one attached hydrogen (secondary N) is 2. The molecule has 1 aromatic carbocycles. The molecule has 0 aromatic heterocycles. The number of alkyl halides is 3. The van der Waals surface area contributed by atoms with Gasteiger partial charge in [0.05, 0.1) is 12.2 Å². The Kier molecular flexibility index (Phi) is 5.36. The van der Waals surface area contributed by atoms with Crippen molar-refractivity contribution in [3.63, 3.8) is 0 Å². The molecule has 5 aliphatic rings. The third-order valence-electron chi connectivity index (χ3n) is 7.08. The predicted octanol–water partition coefficient (Wildman–Crippen LogP) is 2.68. The summed E-state index contributed by atoms with van der Waals surface area (Å²) in [7, 11) is 0. The molecule has 4 fully saturated rings. The van der Waals surface area contributed by atoms with E-state index in [0.717, 1.165) is 17.7 Å². The maximum Gasteiger partial charge on any atom is 0.522 e. The van der Waals surface area contributed by atoms with E-state index in [1.807, 2.05) is 19.1 Å². The SMILES string of the molecule is Cc1ccc2c(c1)CC[C@H](C(=O)NC13CC(NC(=O)COC4CC(OC(F)(F)F)C4)(C1)C3)O2. The predicted molar refractivity (Wildman–Crippen MR) is 109 cm³/mol. The Morgan fingerprint density at radius 1 is 1.12 bits per heavy atom. The fourth-order valence-corrected chi connectivity index (χ4v) is 5.56. The second-order valence-corrected chi connectivity index (χ2v) is 9.97. The smallest absolute Gasteiger partial charge is 0.480 e. The van der Waals surface area contributed by atoms with E-state index in [0.29, 0.717) is 25.7 Å². The van der Waals surface area contributed by atoms with Crippen LogP contribution in [0.4, 0.5) is 13.2 Å². The van der Waals surface area contributed by atoms with E-state index in [1.165, 1.54) is 5.56 Å². The molecule has 1 heterocycles. The Morgan fingerprint density at radius 2 is 1.82 bits per heavy atom. The first-order chi connectivity index (χ1) is 15.5. The highest BCUT2D eigenvalue weighted by Crippen LogP contribution is 2.60. The highest BCUT2D eigenvalue weighted by atomic mass is 19.4. The third-order valence-corrected chi connectivity index (χ3v) is 7.08. The summed E-state index contributed by atoms with van der Waals surface area (Å²) in [5, 5.41) is 6.06. The maximum absolute atomic E-state index is 12.7. The Bertz CT molecular complexity index is 940. The first-order valence-electron chi connectivity index (χ1n) is 11.3. The lowest BCUT2D eigenvalue weighted by Crippen LogP contribution is -2.84. The molecule has 0 unspecified atom stereocenters. The fraction of sp³-hybridized carbons (Fsp3) is 0.652. The second kappa shape index (κ2) is 7.87. The molecule has 4 aliphatic carbocycles. The summed E-state index contributed by atoms with van der Waals surface area (Å²) >= 11 is 0. The van der Waals surface area contributed by atoms with Crippen LogP contribution in [0.2, 0.25) is 0 Å². The number of amides is 2. The van der Waals surface area contributed by atoms with Crippen molar-refractivity contribution >= 4 is 11.8 Å². The topological polar surface area (TPSA) is 85.9 Å². The monoisotopic (exact) mass is 468 g/mol. The molecule has 180 valence electrons. The number of hydrogen-bond acceptors (Lipinski definition) is 5. The number of hydrogen-bond donors (Lipinski definition) is 2. The minimum absolute atomic E-state index is 0.121. The molecule has 2 bridgehead atoms. The molecular weight excluding hydrogens is 441 g/mol. The lowest BCUT2D eigenvalue weighted by molar-refractivity contribution is -0.357. The lowest BCUT2D eigenvalue weighted by atomic mass is 9.44. The molecule has 4 saturated carbocycles. The largest absolute Gasteiger partial charge is 0.522 e. The van der Waals surface area contributed by atoms with Gasteiger partial charge in [0.15, 0.2) is 6.10 Å². The third kappa shape index (κ3) is 4.68. The van der Waals surface area contributed by atoms with Crippen molar-refractivity contribution in [3.8, 4) is 5.75 Å².